The number of aromatic hydroxyl groups is 1. The zero-order valence-electron chi connectivity index (χ0n) is 12.2. The molecule has 0 aliphatic carbocycles. The second kappa shape index (κ2) is 5.63. The molecule has 0 radical (unpaired) electrons. The second-order valence-electron chi connectivity index (χ2n) is 5.55. The number of nitrogens with zero attached hydrogens (tertiary/aromatic N) is 2. The van der Waals surface area contributed by atoms with Gasteiger partial charge in [0.1, 0.15) is 11.3 Å². The Hall–Kier alpha value is -2.24. The van der Waals surface area contributed by atoms with Crippen molar-refractivity contribution in [3.05, 3.63) is 24.3 Å². The normalized spacial score (nSPS) is 21.9. The van der Waals surface area contributed by atoms with E-state index in [1.165, 1.54) is 21.9 Å². The first-order valence-corrected chi connectivity index (χ1v) is 6.94. The second-order valence-corrected chi connectivity index (χ2v) is 5.55. The van der Waals surface area contributed by atoms with Crippen LogP contribution in [0.1, 0.15) is 26.2 Å². The average molecular weight is 292 g/mol. The number of likely N-dealkylation sites (tertiary alicyclic amines) is 1. The van der Waals surface area contributed by atoms with Crippen molar-refractivity contribution >= 4 is 17.7 Å². The third-order valence-corrected chi connectivity index (χ3v) is 4.09. The quantitative estimate of drug-likeness (QED) is 0.876. The van der Waals surface area contributed by atoms with E-state index < -0.39 is 11.5 Å². The summed E-state index contributed by atoms with van der Waals surface area (Å²) >= 11 is 0. The number of carbonyl (C=O) groups excluding carboxylic acids is 1. The molecule has 1 aromatic rings. The molecule has 0 spiro atoms. The van der Waals surface area contributed by atoms with Crippen molar-refractivity contribution in [2.45, 2.75) is 31.7 Å². The van der Waals surface area contributed by atoms with E-state index in [-0.39, 0.29) is 11.8 Å². The average Bonchev–Trinajstić information content (AvgIpc) is 2.46. The zero-order valence-corrected chi connectivity index (χ0v) is 12.2. The lowest BCUT2D eigenvalue weighted by molar-refractivity contribution is -0.150. The molecule has 1 atom stereocenters. The Morgan fingerprint density at radius 3 is 2.67 bits per heavy atom. The fourth-order valence-electron chi connectivity index (χ4n) is 2.64. The van der Waals surface area contributed by atoms with Crippen molar-refractivity contribution in [2.75, 3.05) is 18.5 Å². The van der Waals surface area contributed by atoms with Gasteiger partial charge in [-0.05, 0) is 38.3 Å². The number of piperidine rings is 1. The lowest BCUT2D eigenvalue weighted by Crippen LogP contribution is -2.60. The Morgan fingerprint density at radius 2 is 2.05 bits per heavy atom. The van der Waals surface area contributed by atoms with Gasteiger partial charge < -0.3 is 15.1 Å². The fraction of sp³-hybridized carbons (Fsp3) is 0.467. The molecule has 6 nitrogen and oxygen atoms in total. The number of hydrogen-bond acceptors (Lipinski definition) is 3. The first-order valence-electron chi connectivity index (χ1n) is 6.94. The van der Waals surface area contributed by atoms with E-state index in [9.17, 15) is 19.8 Å². The van der Waals surface area contributed by atoms with E-state index >= 15 is 0 Å². The number of rotatable bonds is 2. The topological polar surface area (TPSA) is 81.1 Å². The first kappa shape index (κ1) is 15.2. The van der Waals surface area contributed by atoms with Crippen LogP contribution in [0.15, 0.2) is 24.3 Å². The summed E-state index contributed by atoms with van der Waals surface area (Å²) in [6.45, 7) is 2.01. The van der Waals surface area contributed by atoms with Crippen LogP contribution < -0.4 is 4.90 Å². The predicted octanol–water partition coefficient (Wildman–Crippen LogP) is 2.28. The Morgan fingerprint density at radius 1 is 1.33 bits per heavy atom. The van der Waals surface area contributed by atoms with Gasteiger partial charge in [-0.25, -0.2) is 9.59 Å². The molecule has 1 saturated heterocycles. The monoisotopic (exact) mass is 292 g/mol. The van der Waals surface area contributed by atoms with Crippen molar-refractivity contribution < 1.29 is 19.8 Å². The Kier molecular flexibility index (Phi) is 4.06. The van der Waals surface area contributed by atoms with Crippen molar-refractivity contribution in [3.63, 3.8) is 0 Å². The molecule has 1 aliphatic heterocycles. The Bertz CT molecular complexity index is 560. The minimum Gasteiger partial charge on any atom is -0.508 e. The van der Waals surface area contributed by atoms with E-state index in [4.69, 9.17) is 0 Å². The SMILES string of the molecule is CN(C(=O)N1CCCCC1(C)C(=O)O)c1cccc(O)c1. The van der Waals surface area contributed by atoms with Crippen LogP contribution >= 0.6 is 0 Å². The summed E-state index contributed by atoms with van der Waals surface area (Å²) < 4.78 is 0. The van der Waals surface area contributed by atoms with Crippen LogP contribution in [-0.4, -0.2) is 46.2 Å². The molecule has 2 amide bonds. The van der Waals surface area contributed by atoms with Crippen molar-refractivity contribution in [2.24, 2.45) is 0 Å². The molecular formula is C15H20N2O4. The largest absolute Gasteiger partial charge is 0.508 e. The maximum atomic E-state index is 12.6. The van der Waals surface area contributed by atoms with Crippen LogP contribution in [0.4, 0.5) is 10.5 Å². The Labute approximate surface area is 123 Å². The minimum absolute atomic E-state index is 0.0618. The van der Waals surface area contributed by atoms with Crippen LogP contribution in [0.2, 0.25) is 0 Å². The highest BCUT2D eigenvalue weighted by Gasteiger charge is 2.44. The van der Waals surface area contributed by atoms with Crippen LogP contribution in [-0.2, 0) is 4.79 Å². The van der Waals surface area contributed by atoms with E-state index in [1.54, 1.807) is 26.1 Å². The Balaban J connectivity index is 2.27. The third-order valence-electron chi connectivity index (χ3n) is 4.09. The summed E-state index contributed by atoms with van der Waals surface area (Å²) in [4.78, 5) is 27.0. The predicted molar refractivity (Wildman–Crippen MR) is 78.5 cm³/mol. The van der Waals surface area contributed by atoms with E-state index in [1.807, 2.05) is 0 Å². The number of urea groups is 1. The van der Waals surface area contributed by atoms with Gasteiger partial charge in [0.2, 0.25) is 0 Å². The van der Waals surface area contributed by atoms with E-state index in [0.717, 1.165) is 12.8 Å². The molecule has 1 aromatic carbocycles. The minimum atomic E-state index is -1.18. The van der Waals surface area contributed by atoms with Crippen molar-refractivity contribution in [1.29, 1.82) is 0 Å². The standard InChI is InChI=1S/C15H20N2O4/c1-15(13(19)20)8-3-4-9-17(15)14(21)16(2)11-6-5-7-12(18)10-11/h5-7,10,18H,3-4,8-9H2,1-2H3,(H,19,20). The molecular weight excluding hydrogens is 272 g/mol. The number of carbonyl (C=O) groups is 2. The summed E-state index contributed by atoms with van der Waals surface area (Å²) in [5.74, 6) is -0.924. The number of anilines is 1. The maximum Gasteiger partial charge on any atom is 0.329 e. The number of benzene rings is 1. The van der Waals surface area contributed by atoms with Crippen molar-refractivity contribution in [3.8, 4) is 5.75 Å². The number of phenols is 1. The molecule has 6 heteroatoms. The molecule has 2 N–H and O–H groups in total. The zero-order chi connectivity index (χ0) is 15.6. The molecule has 1 aliphatic rings. The van der Waals surface area contributed by atoms with Gasteiger partial charge in [-0.3, -0.25) is 4.90 Å². The van der Waals surface area contributed by atoms with Gasteiger partial charge in [-0.1, -0.05) is 6.07 Å². The summed E-state index contributed by atoms with van der Waals surface area (Å²) in [6, 6.07) is 5.95. The molecule has 21 heavy (non-hydrogen) atoms. The van der Waals surface area contributed by atoms with Crippen LogP contribution in [0, 0.1) is 0 Å². The molecule has 1 heterocycles. The highest BCUT2D eigenvalue weighted by molar-refractivity contribution is 5.95. The number of amides is 2. The van der Waals surface area contributed by atoms with Gasteiger partial charge in [0.25, 0.3) is 0 Å². The third kappa shape index (κ3) is 2.79. The fourth-order valence-corrected chi connectivity index (χ4v) is 2.64. The van der Waals surface area contributed by atoms with Gasteiger partial charge in [0.15, 0.2) is 0 Å². The smallest absolute Gasteiger partial charge is 0.329 e. The van der Waals surface area contributed by atoms with E-state index in [0.29, 0.717) is 18.7 Å². The molecule has 2 rings (SSSR count). The number of aliphatic carboxylic acids is 1. The number of phenolic OH excluding ortho intramolecular Hbond substituents is 1. The summed E-state index contributed by atoms with van der Waals surface area (Å²) in [7, 11) is 1.58. The summed E-state index contributed by atoms with van der Waals surface area (Å²) in [5, 5.41) is 19.0. The van der Waals surface area contributed by atoms with Crippen molar-refractivity contribution in [1.82, 2.24) is 4.90 Å². The number of hydrogen-bond donors (Lipinski definition) is 2. The van der Waals surface area contributed by atoms with Gasteiger partial charge in [-0.2, -0.15) is 0 Å². The number of carboxylic acid groups (broad SMARTS) is 1. The first-order chi connectivity index (χ1) is 9.86. The maximum absolute atomic E-state index is 12.6. The summed E-state index contributed by atoms with van der Waals surface area (Å²) in [5.41, 5.74) is -0.654. The summed E-state index contributed by atoms with van der Waals surface area (Å²) in [6.07, 6.45) is 2.03. The number of carboxylic acids is 1. The molecule has 1 fully saturated rings. The van der Waals surface area contributed by atoms with Gasteiger partial charge in [0.05, 0.1) is 0 Å². The van der Waals surface area contributed by atoms with Crippen LogP contribution in [0.25, 0.3) is 0 Å². The molecule has 0 bridgehead atoms. The molecule has 0 aromatic heterocycles. The van der Waals surface area contributed by atoms with Crippen LogP contribution in [0.5, 0.6) is 5.75 Å². The van der Waals surface area contributed by atoms with Crippen LogP contribution in [0.3, 0.4) is 0 Å². The van der Waals surface area contributed by atoms with Gasteiger partial charge in [-0.15, -0.1) is 0 Å². The highest BCUT2D eigenvalue weighted by atomic mass is 16.4. The highest BCUT2D eigenvalue weighted by Crippen LogP contribution is 2.30. The van der Waals surface area contributed by atoms with Gasteiger partial charge in [0, 0.05) is 25.3 Å². The van der Waals surface area contributed by atoms with E-state index in [2.05, 4.69) is 0 Å². The van der Waals surface area contributed by atoms with Gasteiger partial charge >= 0.3 is 12.0 Å². The lowest BCUT2D eigenvalue weighted by atomic mass is 9.89. The molecule has 114 valence electrons. The molecule has 1 unspecified atom stereocenters. The molecule has 0 saturated carbocycles. The lowest BCUT2D eigenvalue weighted by Gasteiger charge is -2.43.